The fourth-order valence-corrected chi connectivity index (χ4v) is 0.880. The van der Waals surface area contributed by atoms with E-state index in [9.17, 15) is 27.7 Å². The molecule has 0 N–H and O–H groups in total. The maximum Gasteiger partial charge on any atom is 0.344 e. The third-order valence-electron chi connectivity index (χ3n) is 1.53. The first-order chi connectivity index (χ1) is 6.91. The molecule has 0 atom stereocenters. The molecule has 1 rings (SSSR count). The van der Waals surface area contributed by atoms with E-state index in [0.29, 0.717) is 0 Å². The smallest absolute Gasteiger partial charge is 0.258 e. The summed E-state index contributed by atoms with van der Waals surface area (Å²) in [6, 6.07) is 0.866. The van der Waals surface area contributed by atoms with Gasteiger partial charge >= 0.3 is 5.69 Å². The van der Waals surface area contributed by atoms with Crippen molar-refractivity contribution < 1.29 is 22.5 Å². The van der Waals surface area contributed by atoms with Crippen LogP contribution in [0.2, 0.25) is 0 Å². The minimum Gasteiger partial charge on any atom is -0.258 e. The van der Waals surface area contributed by atoms with Crippen LogP contribution in [0, 0.1) is 44.7 Å². The minimum atomic E-state index is -2.27. The van der Waals surface area contributed by atoms with E-state index in [1.165, 1.54) is 0 Å². The molecule has 0 saturated carbocycles. The van der Waals surface area contributed by atoms with Crippen LogP contribution in [0.3, 0.4) is 0 Å². The summed E-state index contributed by atoms with van der Waals surface area (Å²) in [4.78, 5) is 8.53. The number of hydrogen-bond donors (Lipinski definition) is 0. The van der Waals surface area contributed by atoms with Gasteiger partial charge in [0.15, 0.2) is 5.82 Å². The van der Waals surface area contributed by atoms with Gasteiger partial charge in [-0.15, -0.1) is 0 Å². The lowest BCUT2D eigenvalue weighted by Gasteiger charge is -2.00. The maximum atomic E-state index is 12.9. The van der Waals surface area contributed by atoms with E-state index >= 15 is 0 Å². The predicted octanol–water partition coefficient (Wildman–Crippen LogP) is 2.02. The van der Waals surface area contributed by atoms with E-state index in [0.717, 1.165) is 6.07 Å². The molecular formula is C7F4N2O2. The van der Waals surface area contributed by atoms with Crippen molar-refractivity contribution in [3.8, 4) is 6.07 Å². The summed E-state index contributed by atoms with van der Waals surface area (Å²) in [7, 11) is 0. The largest absolute Gasteiger partial charge is 0.344 e. The minimum absolute atomic E-state index is 0.866. The highest BCUT2D eigenvalue weighted by molar-refractivity contribution is 5.45. The van der Waals surface area contributed by atoms with Crippen LogP contribution in [0.4, 0.5) is 23.2 Å². The van der Waals surface area contributed by atoms with Gasteiger partial charge in [0.1, 0.15) is 11.6 Å². The van der Waals surface area contributed by atoms with Crippen molar-refractivity contribution in [1.29, 1.82) is 5.26 Å². The lowest BCUT2D eigenvalue weighted by Crippen LogP contribution is -2.06. The van der Waals surface area contributed by atoms with Crippen LogP contribution >= 0.6 is 0 Å². The molecule has 0 aliphatic heterocycles. The number of halogens is 4. The predicted molar refractivity (Wildman–Crippen MR) is 37.6 cm³/mol. The Hall–Kier alpha value is -2.17. The average molecular weight is 220 g/mol. The molecule has 0 spiro atoms. The number of nitrogens with zero attached hydrogens (tertiary/aromatic N) is 2. The molecule has 0 aliphatic carbocycles. The van der Waals surface area contributed by atoms with Gasteiger partial charge in [-0.3, -0.25) is 10.1 Å². The van der Waals surface area contributed by atoms with Gasteiger partial charge in [-0.1, -0.05) is 0 Å². The summed E-state index contributed by atoms with van der Waals surface area (Å²) < 4.78 is 50.9. The monoisotopic (exact) mass is 220 g/mol. The van der Waals surface area contributed by atoms with Gasteiger partial charge in [-0.05, 0) is 0 Å². The summed E-state index contributed by atoms with van der Waals surface area (Å²) in [5.41, 5.74) is -3.41. The quantitative estimate of drug-likeness (QED) is 0.239. The zero-order valence-corrected chi connectivity index (χ0v) is 6.72. The van der Waals surface area contributed by atoms with Gasteiger partial charge in [0, 0.05) is 0 Å². The molecule has 0 aliphatic rings. The molecular weight excluding hydrogens is 220 g/mol. The van der Waals surface area contributed by atoms with E-state index in [-0.39, 0.29) is 0 Å². The highest BCUT2D eigenvalue weighted by Gasteiger charge is 2.32. The third-order valence-corrected chi connectivity index (χ3v) is 1.53. The number of benzene rings is 1. The van der Waals surface area contributed by atoms with Crippen molar-refractivity contribution >= 4 is 5.69 Å². The Morgan fingerprint density at radius 1 is 1.07 bits per heavy atom. The van der Waals surface area contributed by atoms with E-state index in [1.807, 2.05) is 0 Å². The first-order valence-electron chi connectivity index (χ1n) is 3.32. The molecule has 0 fully saturated rings. The fraction of sp³-hybridized carbons (Fsp3) is 0. The lowest BCUT2D eigenvalue weighted by atomic mass is 10.1. The summed E-state index contributed by atoms with van der Waals surface area (Å²) in [6.07, 6.45) is 0. The summed E-state index contributed by atoms with van der Waals surface area (Å²) in [5, 5.41) is 18.3. The first kappa shape index (κ1) is 10.9. The van der Waals surface area contributed by atoms with Gasteiger partial charge in [-0.25, -0.2) is 8.78 Å². The number of nitriles is 1. The molecule has 8 heteroatoms. The van der Waals surface area contributed by atoms with Crippen LogP contribution in [0.1, 0.15) is 5.56 Å². The van der Waals surface area contributed by atoms with Gasteiger partial charge in [0.2, 0.25) is 17.5 Å². The van der Waals surface area contributed by atoms with Gasteiger partial charge in [-0.2, -0.15) is 14.0 Å². The Kier molecular flexibility index (Phi) is 2.57. The Labute approximate surface area is 79.5 Å². The van der Waals surface area contributed by atoms with Crippen molar-refractivity contribution in [3.05, 3.63) is 38.9 Å². The molecule has 0 heterocycles. The number of nitro groups is 1. The van der Waals surface area contributed by atoms with Crippen molar-refractivity contribution in [2.75, 3.05) is 0 Å². The van der Waals surface area contributed by atoms with Crippen LogP contribution in [0.5, 0.6) is 0 Å². The van der Waals surface area contributed by atoms with Crippen molar-refractivity contribution in [3.63, 3.8) is 0 Å². The Bertz CT molecular complexity index is 495. The lowest BCUT2D eigenvalue weighted by molar-refractivity contribution is -0.390. The van der Waals surface area contributed by atoms with E-state index in [1.54, 1.807) is 0 Å². The molecule has 0 radical (unpaired) electrons. The Balaban J connectivity index is 3.78. The normalized spacial score (nSPS) is 9.80. The number of hydrogen-bond acceptors (Lipinski definition) is 3. The molecule has 1 aromatic carbocycles. The zero-order chi connectivity index (χ0) is 11.7. The molecule has 0 aromatic heterocycles. The SMILES string of the molecule is N#Cc1c(F)c(F)c(F)c([N+](=O)[O-])c1F. The van der Waals surface area contributed by atoms with Crippen molar-refractivity contribution in [2.24, 2.45) is 0 Å². The van der Waals surface area contributed by atoms with E-state index < -0.39 is 39.4 Å². The second kappa shape index (κ2) is 3.53. The summed E-state index contributed by atoms with van der Waals surface area (Å²) >= 11 is 0. The molecule has 0 unspecified atom stereocenters. The van der Waals surface area contributed by atoms with Crippen LogP contribution in [-0.4, -0.2) is 4.92 Å². The molecule has 1 aromatic rings. The van der Waals surface area contributed by atoms with Gasteiger partial charge in [0.05, 0.1) is 4.92 Å². The fourth-order valence-electron chi connectivity index (χ4n) is 0.880. The standard InChI is InChI=1S/C7F4N2O2/c8-3-2(1-12)4(9)7(13(14)15)6(11)5(3)10. The Morgan fingerprint density at radius 2 is 1.60 bits per heavy atom. The summed E-state index contributed by atoms with van der Waals surface area (Å²) in [5.74, 6) is -8.63. The summed E-state index contributed by atoms with van der Waals surface area (Å²) in [6.45, 7) is 0. The Morgan fingerprint density at radius 3 is 2.00 bits per heavy atom. The van der Waals surface area contributed by atoms with E-state index in [4.69, 9.17) is 5.26 Å². The van der Waals surface area contributed by atoms with E-state index in [2.05, 4.69) is 0 Å². The number of nitro benzene ring substituents is 1. The zero-order valence-electron chi connectivity index (χ0n) is 6.72. The van der Waals surface area contributed by atoms with Crippen molar-refractivity contribution in [2.45, 2.75) is 0 Å². The highest BCUT2D eigenvalue weighted by atomic mass is 19.2. The molecule has 0 amide bonds. The number of rotatable bonds is 1. The third kappa shape index (κ3) is 1.48. The average Bonchev–Trinajstić information content (AvgIpc) is 2.15. The molecule has 0 bridgehead atoms. The van der Waals surface area contributed by atoms with Gasteiger partial charge < -0.3 is 0 Å². The van der Waals surface area contributed by atoms with Crippen LogP contribution in [-0.2, 0) is 0 Å². The van der Waals surface area contributed by atoms with Crippen LogP contribution < -0.4 is 0 Å². The van der Waals surface area contributed by atoms with Crippen LogP contribution in [0.15, 0.2) is 0 Å². The second-order valence-electron chi connectivity index (χ2n) is 2.35. The van der Waals surface area contributed by atoms with Crippen LogP contribution in [0.25, 0.3) is 0 Å². The molecule has 78 valence electrons. The maximum absolute atomic E-state index is 12.9. The van der Waals surface area contributed by atoms with Gasteiger partial charge in [0.25, 0.3) is 0 Å². The molecule has 4 nitrogen and oxygen atoms in total. The highest BCUT2D eigenvalue weighted by Crippen LogP contribution is 2.28. The second-order valence-corrected chi connectivity index (χ2v) is 2.35. The topological polar surface area (TPSA) is 66.9 Å². The molecule has 15 heavy (non-hydrogen) atoms. The molecule has 0 saturated heterocycles. The van der Waals surface area contributed by atoms with Crippen molar-refractivity contribution in [1.82, 2.24) is 0 Å². The first-order valence-corrected chi connectivity index (χ1v) is 3.32.